The average Bonchev–Trinajstić information content (AvgIpc) is 0.863. The van der Waals surface area contributed by atoms with Gasteiger partial charge in [0.2, 0.25) is 0 Å². The maximum atomic E-state index is 5.76. The molecule has 0 spiro atoms. The van der Waals surface area contributed by atoms with E-state index in [1.807, 2.05) is 128 Å². The third kappa shape index (κ3) is 34.4. The molecule has 10 aromatic carbocycles. The SMILES string of the molecule is CCC1CCC(c2ccc(C#Cc3ccc(OC)cc3)cc2)CC1.CCCCCOc1ccc(C#Cc2ccc(C3CCC(CC)CC3)cc2)cc1.CCCCOc1ccc(C#Cc2ccc(C3CCC(CC)CC3)cc2)cc1.CCCOc1ccc(C#Cc2ccc(C3CCC(CC)CC3)cc2)cc1.CCOc1ccc(C#Cc2ccc(C3CCC(CC)CC3)cc2)cc1. The Morgan fingerprint density at radius 2 is 0.377 bits per heavy atom. The summed E-state index contributed by atoms with van der Waals surface area (Å²) >= 11 is 0. The molecule has 680 valence electrons. The van der Waals surface area contributed by atoms with Crippen LogP contribution < -0.4 is 23.7 Å². The van der Waals surface area contributed by atoms with E-state index in [0.717, 1.165) is 189 Å². The van der Waals surface area contributed by atoms with E-state index in [1.165, 1.54) is 201 Å². The number of benzene rings is 10. The number of hydrogen-bond donors (Lipinski definition) is 0. The van der Waals surface area contributed by atoms with Gasteiger partial charge in [-0.25, -0.2) is 0 Å². The Morgan fingerprint density at radius 1 is 0.192 bits per heavy atom. The van der Waals surface area contributed by atoms with Crippen molar-refractivity contribution in [3.8, 4) is 88.0 Å². The van der Waals surface area contributed by atoms with E-state index in [4.69, 9.17) is 23.7 Å². The van der Waals surface area contributed by atoms with Gasteiger partial charge in [-0.3, -0.25) is 0 Å². The fraction of sp³-hybridized carbons (Fsp3) is 0.440. The van der Waals surface area contributed by atoms with Crippen LogP contribution >= 0.6 is 0 Å². The molecule has 5 heteroatoms. The predicted molar refractivity (Wildman–Crippen MR) is 548 cm³/mol. The maximum absolute atomic E-state index is 5.76. The van der Waals surface area contributed by atoms with Crippen molar-refractivity contribution >= 4 is 0 Å². The molecule has 0 saturated heterocycles. The zero-order valence-electron chi connectivity index (χ0n) is 80.7. The molecule has 0 radical (unpaired) electrons. The highest BCUT2D eigenvalue weighted by Gasteiger charge is 2.26. The van der Waals surface area contributed by atoms with Crippen molar-refractivity contribution < 1.29 is 23.7 Å². The number of unbranched alkanes of at least 4 members (excludes halogenated alkanes) is 3. The summed E-state index contributed by atoms with van der Waals surface area (Å²) in [6.45, 7) is 23.1. The van der Waals surface area contributed by atoms with Gasteiger partial charge in [0, 0.05) is 55.6 Å². The van der Waals surface area contributed by atoms with Crippen LogP contribution in [0.4, 0.5) is 0 Å². The fourth-order valence-electron chi connectivity index (χ4n) is 18.9. The number of ether oxygens (including phenoxy) is 5. The highest BCUT2D eigenvalue weighted by molar-refractivity contribution is 5.51. The van der Waals surface area contributed by atoms with Crippen LogP contribution in [0.1, 0.15) is 374 Å². The summed E-state index contributed by atoms with van der Waals surface area (Å²) in [5.74, 6) is 45.7. The first kappa shape index (κ1) is 99.6. The van der Waals surface area contributed by atoms with Crippen LogP contribution in [0.3, 0.4) is 0 Å². The minimum atomic E-state index is 0.692. The summed E-state index contributed by atoms with van der Waals surface area (Å²) in [7, 11) is 1.68. The van der Waals surface area contributed by atoms with E-state index < -0.39 is 0 Å². The molecular weight excluding hydrogens is 1580 g/mol. The highest BCUT2D eigenvalue weighted by atomic mass is 16.5. The van der Waals surface area contributed by atoms with Crippen molar-refractivity contribution in [3.63, 3.8) is 0 Å². The molecular formula is C125H150O5. The lowest BCUT2D eigenvalue weighted by molar-refractivity contribution is 0.306. The Labute approximate surface area is 786 Å². The first-order valence-electron chi connectivity index (χ1n) is 50.6. The van der Waals surface area contributed by atoms with E-state index >= 15 is 0 Å². The zero-order valence-corrected chi connectivity index (χ0v) is 80.7. The first-order chi connectivity index (χ1) is 63.9. The lowest BCUT2D eigenvalue weighted by Crippen LogP contribution is -2.12. The van der Waals surface area contributed by atoms with Crippen LogP contribution in [0.2, 0.25) is 0 Å². The van der Waals surface area contributed by atoms with E-state index in [9.17, 15) is 0 Å². The van der Waals surface area contributed by atoms with Gasteiger partial charge in [0.1, 0.15) is 28.7 Å². The minimum absolute atomic E-state index is 0.692. The molecule has 0 heterocycles. The molecule has 0 bridgehead atoms. The monoisotopic (exact) mass is 1730 g/mol. The van der Waals surface area contributed by atoms with Gasteiger partial charge < -0.3 is 23.7 Å². The van der Waals surface area contributed by atoms with Gasteiger partial charge in [-0.1, -0.05) is 227 Å². The molecule has 5 nitrogen and oxygen atoms in total. The van der Waals surface area contributed by atoms with E-state index in [2.05, 4.69) is 236 Å². The smallest absolute Gasteiger partial charge is 0.119 e. The highest BCUT2D eigenvalue weighted by Crippen LogP contribution is 2.42. The van der Waals surface area contributed by atoms with Gasteiger partial charge in [-0.15, -0.1) is 0 Å². The van der Waals surface area contributed by atoms with Gasteiger partial charge in [0.05, 0.1) is 33.5 Å². The quantitative estimate of drug-likeness (QED) is 0.0421. The van der Waals surface area contributed by atoms with Crippen LogP contribution in [0, 0.1) is 88.8 Å². The van der Waals surface area contributed by atoms with Crippen LogP contribution in [0.25, 0.3) is 0 Å². The van der Waals surface area contributed by atoms with E-state index in [0.29, 0.717) is 6.61 Å². The topological polar surface area (TPSA) is 46.2 Å². The molecule has 5 saturated carbocycles. The predicted octanol–water partition coefficient (Wildman–Crippen LogP) is 32.8. The third-order valence-electron chi connectivity index (χ3n) is 27.9. The second kappa shape index (κ2) is 56.6. The average molecular weight is 1730 g/mol. The molecule has 0 aromatic heterocycles. The normalized spacial score (nSPS) is 19.5. The van der Waals surface area contributed by atoms with Crippen molar-refractivity contribution in [2.75, 3.05) is 33.5 Å². The summed E-state index contributed by atoms with van der Waals surface area (Å²) in [5, 5.41) is 0. The van der Waals surface area contributed by atoms with Crippen LogP contribution in [0.15, 0.2) is 243 Å². The van der Waals surface area contributed by atoms with Gasteiger partial charge in [-0.2, -0.15) is 0 Å². The van der Waals surface area contributed by atoms with Crippen molar-refractivity contribution in [1.29, 1.82) is 0 Å². The minimum Gasteiger partial charge on any atom is -0.497 e. The summed E-state index contributed by atoms with van der Waals surface area (Å²) in [4.78, 5) is 0. The van der Waals surface area contributed by atoms with E-state index in [-0.39, 0.29) is 0 Å². The Bertz CT molecular complexity index is 5160. The van der Waals surface area contributed by atoms with Crippen molar-refractivity contribution in [3.05, 3.63) is 326 Å². The molecule has 5 fully saturated rings. The molecule has 10 aromatic rings. The van der Waals surface area contributed by atoms with Gasteiger partial charge in [0.25, 0.3) is 0 Å². The molecule has 0 amide bonds. The van der Waals surface area contributed by atoms with Crippen molar-refractivity contribution in [2.24, 2.45) is 29.6 Å². The van der Waals surface area contributed by atoms with Crippen LogP contribution in [-0.2, 0) is 0 Å². The maximum Gasteiger partial charge on any atom is 0.119 e. The molecule has 0 aliphatic heterocycles. The largest absolute Gasteiger partial charge is 0.497 e. The van der Waals surface area contributed by atoms with Crippen molar-refractivity contribution in [1.82, 2.24) is 0 Å². The standard InChI is InChI=1S/C27H34O.C26H32O.C25H30O.C24H28O.C23H26O/c1-3-5-6-21-28-27-19-13-24(14-20-27)8-7-23-11-17-26(18-12-23)25-15-9-22(4-2)10-16-25;1-3-5-20-27-26-18-12-23(13-19-26)7-6-22-10-16-25(17-11-22)24-14-8-21(4-2)9-15-24;1-3-19-26-25-17-11-22(12-18-25)6-5-21-9-15-24(16-10-21)23-13-7-20(4-2)8-14-23;1-3-19-7-13-22(14-8-19)23-15-9-20(10-16-23)5-6-21-11-17-24(18-12-21)25-4-2;1-3-18-6-12-21(13-7-18)22-14-8-19(9-15-22)4-5-20-10-16-23(24-2)17-11-20/h11-14,17-20,22,25H,3-6,9-10,15-16,21H2,1-2H3;10-13,16-19,21,24H,3-5,8-9,14-15,20H2,1-2H3;9-12,15-18,20,23H,3-4,7-8,13-14,19H2,1-2H3;9-12,15-19,22H,3-4,7-8,13-14H2,1-2H3;8-11,14-18,21H,3,6-7,12-13H2,1-2H3. The Hall–Kier alpha value is -11.0. The molecule has 0 unspecified atom stereocenters. The first-order valence-corrected chi connectivity index (χ1v) is 50.6. The number of rotatable bonds is 25. The zero-order chi connectivity index (χ0) is 91.0. The van der Waals surface area contributed by atoms with Gasteiger partial charge in [-0.05, 0) is 424 Å². The number of hydrogen-bond acceptors (Lipinski definition) is 5. The summed E-state index contributed by atoms with van der Waals surface area (Å²) < 4.78 is 27.7. The van der Waals surface area contributed by atoms with Crippen LogP contribution in [0.5, 0.6) is 28.7 Å². The fourth-order valence-corrected chi connectivity index (χ4v) is 18.9. The molecule has 5 aliphatic carbocycles. The second-order valence-electron chi connectivity index (χ2n) is 36.9. The molecule has 15 rings (SSSR count). The molecule has 130 heavy (non-hydrogen) atoms. The Balaban J connectivity index is 0.000000157. The Kier molecular flexibility index (Phi) is 43.3. The van der Waals surface area contributed by atoms with Gasteiger partial charge >= 0.3 is 0 Å². The molecule has 5 aliphatic rings. The lowest BCUT2D eigenvalue weighted by atomic mass is 9.78. The lowest BCUT2D eigenvalue weighted by Gasteiger charge is -2.28. The second-order valence-corrected chi connectivity index (χ2v) is 36.9. The summed E-state index contributed by atoms with van der Waals surface area (Å²) in [6, 6.07) is 84.6. The van der Waals surface area contributed by atoms with Crippen LogP contribution in [-0.4, -0.2) is 33.5 Å². The summed E-state index contributed by atoms with van der Waals surface area (Å²) in [6.07, 6.45) is 40.9. The van der Waals surface area contributed by atoms with Gasteiger partial charge in [0.15, 0.2) is 0 Å². The Morgan fingerprint density at radius 3 is 0.562 bits per heavy atom. The molecule has 0 atom stereocenters. The third-order valence-corrected chi connectivity index (χ3v) is 27.9. The van der Waals surface area contributed by atoms with Crippen molar-refractivity contribution in [2.45, 2.75) is 291 Å². The molecule has 0 N–H and O–H groups in total. The summed E-state index contributed by atoms with van der Waals surface area (Å²) in [5.41, 5.74) is 18.0. The number of methoxy groups -OCH3 is 1. The van der Waals surface area contributed by atoms with E-state index in [1.54, 1.807) is 7.11 Å².